The third-order valence-electron chi connectivity index (χ3n) is 3.82. The number of nitrogens with zero attached hydrogens (tertiary/aromatic N) is 2. The van der Waals surface area contributed by atoms with E-state index in [0.717, 1.165) is 6.07 Å². The number of ketones is 1. The number of imide groups is 1. The average molecular weight is 363 g/mol. The molecule has 3 amide bonds. The van der Waals surface area contributed by atoms with Crippen molar-refractivity contribution in [1.82, 2.24) is 10.2 Å². The highest BCUT2D eigenvalue weighted by atomic mass is 16.6. The summed E-state index contributed by atoms with van der Waals surface area (Å²) >= 11 is 0. The van der Waals surface area contributed by atoms with Crippen molar-refractivity contribution in [2.45, 2.75) is 26.3 Å². The first-order valence-electron chi connectivity index (χ1n) is 7.61. The molecule has 1 fully saturated rings. The highest BCUT2D eigenvalue weighted by Crippen LogP contribution is 2.20. The molecule has 1 aromatic rings. The minimum atomic E-state index is -1.12. The predicted molar refractivity (Wildman–Crippen MR) is 87.4 cm³/mol. The smallest absolute Gasteiger partial charge is 0.326 e. The van der Waals surface area contributed by atoms with E-state index < -0.39 is 47.3 Å². The Bertz CT molecular complexity index is 816. The summed E-state index contributed by atoms with van der Waals surface area (Å²) < 4.78 is 4.78. The summed E-state index contributed by atoms with van der Waals surface area (Å²) in [6, 6.07) is 3.18. The van der Waals surface area contributed by atoms with Gasteiger partial charge in [0.2, 0.25) is 5.78 Å². The van der Waals surface area contributed by atoms with E-state index >= 15 is 0 Å². The van der Waals surface area contributed by atoms with Crippen LogP contribution >= 0.6 is 0 Å². The lowest BCUT2D eigenvalue weighted by atomic mass is 10.1. The molecular weight excluding hydrogens is 346 g/mol. The molecule has 0 aliphatic carbocycles. The number of urea groups is 1. The van der Waals surface area contributed by atoms with Crippen LogP contribution in [0.2, 0.25) is 0 Å². The number of Topliss-reactive ketones (excluding diaryl/α,β-unsaturated/α-hetero) is 1. The van der Waals surface area contributed by atoms with Crippen LogP contribution < -0.4 is 5.32 Å². The Morgan fingerprint density at radius 1 is 1.31 bits per heavy atom. The molecule has 0 aromatic heterocycles. The van der Waals surface area contributed by atoms with Crippen molar-refractivity contribution < 1.29 is 28.8 Å². The quantitative estimate of drug-likeness (QED) is 0.261. The Hall–Kier alpha value is -3.30. The molecular formula is C16H17N3O7. The molecule has 0 spiro atoms. The molecule has 1 aliphatic rings. The van der Waals surface area contributed by atoms with Crippen molar-refractivity contribution >= 4 is 29.4 Å². The van der Waals surface area contributed by atoms with Crippen molar-refractivity contribution in [3.05, 3.63) is 39.4 Å². The molecule has 0 saturated carbocycles. The molecule has 0 bridgehead atoms. The first kappa shape index (κ1) is 19.0. The molecule has 1 aliphatic heterocycles. The number of nitro benzene ring substituents is 1. The summed E-state index contributed by atoms with van der Waals surface area (Å²) in [5.74, 6) is -2.17. The van der Waals surface area contributed by atoms with E-state index in [9.17, 15) is 29.3 Å². The van der Waals surface area contributed by atoms with Gasteiger partial charge in [0.15, 0.2) is 6.61 Å². The Morgan fingerprint density at radius 3 is 2.50 bits per heavy atom. The van der Waals surface area contributed by atoms with Gasteiger partial charge in [0.1, 0.15) is 12.1 Å². The fourth-order valence-corrected chi connectivity index (χ4v) is 2.35. The summed E-state index contributed by atoms with van der Waals surface area (Å²) in [5.41, 5.74) is -0.923. The van der Waals surface area contributed by atoms with E-state index in [2.05, 4.69) is 5.32 Å². The summed E-state index contributed by atoms with van der Waals surface area (Å²) in [6.07, 6.45) is 0. The topological polar surface area (TPSA) is 136 Å². The van der Waals surface area contributed by atoms with Crippen LogP contribution in [-0.4, -0.2) is 52.2 Å². The molecule has 1 heterocycles. The number of hydrogen-bond donors (Lipinski definition) is 1. The number of ether oxygens (including phenoxy) is 1. The van der Waals surface area contributed by atoms with Gasteiger partial charge in [-0.2, -0.15) is 0 Å². The van der Waals surface area contributed by atoms with Crippen LogP contribution in [0.25, 0.3) is 0 Å². The molecule has 10 nitrogen and oxygen atoms in total. The molecule has 10 heteroatoms. The number of aryl methyl sites for hydroxylation is 1. The van der Waals surface area contributed by atoms with Gasteiger partial charge in [-0.25, -0.2) is 4.79 Å². The van der Waals surface area contributed by atoms with Crippen molar-refractivity contribution in [2.75, 3.05) is 13.2 Å². The first-order valence-corrected chi connectivity index (χ1v) is 7.61. The molecule has 1 aromatic carbocycles. The van der Waals surface area contributed by atoms with Crippen LogP contribution in [0, 0.1) is 17.0 Å². The zero-order valence-electron chi connectivity index (χ0n) is 14.4. The third kappa shape index (κ3) is 3.85. The first-order chi connectivity index (χ1) is 12.0. The number of nitrogens with one attached hydrogen (secondary N) is 1. The van der Waals surface area contributed by atoms with Crippen molar-refractivity contribution in [3.63, 3.8) is 0 Å². The maximum Gasteiger partial charge on any atom is 0.326 e. The van der Waals surface area contributed by atoms with Crippen LogP contribution in [0.5, 0.6) is 0 Å². The van der Waals surface area contributed by atoms with Gasteiger partial charge in [-0.15, -0.1) is 0 Å². The number of esters is 1. The zero-order chi connectivity index (χ0) is 19.6. The lowest BCUT2D eigenvalue weighted by Gasteiger charge is -2.15. The molecule has 0 atom stereocenters. The lowest BCUT2D eigenvalue weighted by molar-refractivity contribution is -0.385. The number of carbonyl (C=O) groups is 4. The van der Waals surface area contributed by atoms with Gasteiger partial charge in [-0.1, -0.05) is 12.1 Å². The molecule has 0 unspecified atom stereocenters. The van der Waals surface area contributed by atoms with E-state index in [0.29, 0.717) is 10.5 Å². The predicted octanol–water partition coefficient (Wildman–Crippen LogP) is 0.960. The second kappa shape index (κ2) is 6.90. The Morgan fingerprint density at radius 2 is 1.96 bits per heavy atom. The Balaban J connectivity index is 1.97. The van der Waals surface area contributed by atoms with Gasteiger partial charge in [0.25, 0.3) is 11.6 Å². The van der Waals surface area contributed by atoms with Crippen LogP contribution in [0.4, 0.5) is 10.5 Å². The highest BCUT2D eigenvalue weighted by Gasteiger charge is 2.45. The molecule has 0 radical (unpaired) electrons. The van der Waals surface area contributed by atoms with Gasteiger partial charge in [0, 0.05) is 17.2 Å². The van der Waals surface area contributed by atoms with Crippen LogP contribution in [0.1, 0.15) is 29.8 Å². The fourth-order valence-electron chi connectivity index (χ4n) is 2.35. The Kier molecular flexibility index (Phi) is 5.05. The van der Waals surface area contributed by atoms with E-state index in [1.807, 2.05) is 0 Å². The van der Waals surface area contributed by atoms with Crippen LogP contribution in [0.3, 0.4) is 0 Å². The van der Waals surface area contributed by atoms with E-state index in [1.54, 1.807) is 0 Å². The van der Waals surface area contributed by atoms with E-state index in [4.69, 9.17) is 4.74 Å². The number of rotatable bonds is 6. The zero-order valence-corrected chi connectivity index (χ0v) is 14.4. The van der Waals surface area contributed by atoms with Crippen LogP contribution in [-0.2, 0) is 14.3 Å². The summed E-state index contributed by atoms with van der Waals surface area (Å²) in [7, 11) is 0. The van der Waals surface area contributed by atoms with Gasteiger partial charge in [0.05, 0.1) is 4.92 Å². The number of nitro groups is 1. The van der Waals surface area contributed by atoms with Crippen molar-refractivity contribution in [1.29, 1.82) is 0 Å². The van der Waals surface area contributed by atoms with Crippen molar-refractivity contribution in [2.24, 2.45) is 0 Å². The largest absolute Gasteiger partial charge is 0.456 e. The molecule has 138 valence electrons. The maximum atomic E-state index is 12.0. The summed E-state index contributed by atoms with van der Waals surface area (Å²) in [5, 5.41) is 13.3. The molecule has 1 saturated heterocycles. The lowest BCUT2D eigenvalue weighted by Crippen LogP contribution is -2.41. The second-order valence-electron chi connectivity index (χ2n) is 6.29. The summed E-state index contributed by atoms with van der Waals surface area (Å²) in [4.78, 5) is 58.5. The van der Waals surface area contributed by atoms with Crippen molar-refractivity contribution in [3.8, 4) is 0 Å². The minimum absolute atomic E-state index is 0.0197. The number of benzene rings is 1. The fraction of sp³-hybridized carbons (Fsp3) is 0.375. The highest BCUT2D eigenvalue weighted by molar-refractivity contribution is 6.08. The van der Waals surface area contributed by atoms with Gasteiger partial charge >= 0.3 is 12.0 Å². The minimum Gasteiger partial charge on any atom is -0.456 e. The van der Waals surface area contributed by atoms with Gasteiger partial charge < -0.3 is 10.1 Å². The molecule has 26 heavy (non-hydrogen) atoms. The average Bonchev–Trinajstić information content (AvgIpc) is 2.74. The van der Waals surface area contributed by atoms with E-state index in [1.165, 1.54) is 32.9 Å². The van der Waals surface area contributed by atoms with Crippen LogP contribution in [0.15, 0.2) is 18.2 Å². The number of amides is 3. The monoisotopic (exact) mass is 363 g/mol. The summed E-state index contributed by atoms with van der Waals surface area (Å²) in [6.45, 7) is 3.23. The second-order valence-corrected chi connectivity index (χ2v) is 6.29. The molecule has 2 rings (SSSR count). The van der Waals surface area contributed by atoms with Gasteiger partial charge in [-0.05, 0) is 20.8 Å². The SMILES string of the molecule is Cc1ccc(C(=O)COC(=O)CN2C(=O)NC(C)(C)C2=O)cc1[N+](=O)[O-]. The van der Waals surface area contributed by atoms with E-state index in [-0.39, 0.29) is 11.3 Å². The van der Waals surface area contributed by atoms with Gasteiger partial charge in [-0.3, -0.25) is 29.4 Å². The maximum absolute atomic E-state index is 12.0. The Labute approximate surface area is 148 Å². The third-order valence-corrected chi connectivity index (χ3v) is 3.82. The number of hydrogen-bond acceptors (Lipinski definition) is 7. The normalized spacial score (nSPS) is 15.6. The number of carbonyl (C=O) groups excluding carboxylic acids is 4. The molecule has 1 N–H and O–H groups in total. The standard InChI is InChI=1S/C16H17N3O7/c1-9-4-5-10(6-11(9)19(24)25)12(20)8-26-13(21)7-18-14(22)16(2,3)17-15(18)23/h4-6H,7-8H2,1-3H3,(H,17,23).